The SMILES string of the molecule is CCCCN(C)c1cnnc(NCCC)n1. The smallest absolute Gasteiger partial charge is 0.244 e. The number of anilines is 2. The number of unbranched alkanes of at least 4 members (excludes halogenated alkanes) is 1. The Morgan fingerprint density at radius 1 is 1.31 bits per heavy atom. The van der Waals surface area contributed by atoms with Gasteiger partial charge in [0.2, 0.25) is 5.95 Å². The largest absolute Gasteiger partial charge is 0.358 e. The molecule has 0 saturated carbocycles. The molecule has 0 fully saturated rings. The van der Waals surface area contributed by atoms with E-state index in [9.17, 15) is 0 Å². The van der Waals surface area contributed by atoms with Crippen LogP contribution < -0.4 is 10.2 Å². The molecule has 0 aliphatic carbocycles. The molecule has 1 N–H and O–H groups in total. The van der Waals surface area contributed by atoms with Gasteiger partial charge in [-0.3, -0.25) is 0 Å². The fraction of sp³-hybridized carbons (Fsp3) is 0.727. The zero-order valence-corrected chi connectivity index (χ0v) is 10.4. The number of hydrogen-bond donors (Lipinski definition) is 1. The molecule has 16 heavy (non-hydrogen) atoms. The van der Waals surface area contributed by atoms with Crippen molar-refractivity contribution in [1.82, 2.24) is 15.2 Å². The minimum Gasteiger partial charge on any atom is -0.358 e. The third-order valence-electron chi connectivity index (χ3n) is 2.32. The summed E-state index contributed by atoms with van der Waals surface area (Å²) in [6, 6.07) is 0. The van der Waals surface area contributed by atoms with E-state index in [1.165, 1.54) is 6.42 Å². The van der Waals surface area contributed by atoms with Crippen molar-refractivity contribution in [1.29, 1.82) is 0 Å². The number of nitrogens with one attached hydrogen (secondary N) is 1. The van der Waals surface area contributed by atoms with E-state index < -0.39 is 0 Å². The van der Waals surface area contributed by atoms with Crippen LogP contribution in [0.2, 0.25) is 0 Å². The Labute approximate surface area is 97.3 Å². The van der Waals surface area contributed by atoms with Crippen LogP contribution in [0.3, 0.4) is 0 Å². The van der Waals surface area contributed by atoms with Crippen molar-refractivity contribution in [2.75, 3.05) is 30.4 Å². The Morgan fingerprint density at radius 3 is 2.81 bits per heavy atom. The number of nitrogens with zero attached hydrogens (tertiary/aromatic N) is 4. The highest BCUT2D eigenvalue weighted by Gasteiger charge is 2.04. The van der Waals surface area contributed by atoms with Crippen molar-refractivity contribution < 1.29 is 0 Å². The molecule has 1 heterocycles. The summed E-state index contributed by atoms with van der Waals surface area (Å²) in [6.07, 6.45) is 5.11. The second-order valence-electron chi connectivity index (χ2n) is 3.84. The van der Waals surface area contributed by atoms with E-state index in [2.05, 4.69) is 39.2 Å². The monoisotopic (exact) mass is 223 g/mol. The van der Waals surface area contributed by atoms with Crippen molar-refractivity contribution in [2.24, 2.45) is 0 Å². The molecular formula is C11H21N5. The van der Waals surface area contributed by atoms with Crippen molar-refractivity contribution in [2.45, 2.75) is 33.1 Å². The van der Waals surface area contributed by atoms with E-state index >= 15 is 0 Å². The molecule has 0 radical (unpaired) electrons. The van der Waals surface area contributed by atoms with Gasteiger partial charge in [0.25, 0.3) is 0 Å². The molecule has 0 aromatic carbocycles. The Kier molecular flexibility index (Phi) is 5.53. The average Bonchev–Trinajstić information content (AvgIpc) is 2.33. The van der Waals surface area contributed by atoms with Gasteiger partial charge >= 0.3 is 0 Å². The second kappa shape index (κ2) is 6.98. The summed E-state index contributed by atoms with van der Waals surface area (Å²) in [5.41, 5.74) is 0. The zero-order chi connectivity index (χ0) is 11.8. The van der Waals surface area contributed by atoms with Crippen molar-refractivity contribution in [3.63, 3.8) is 0 Å². The van der Waals surface area contributed by atoms with Crippen LogP contribution in [-0.2, 0) is 0 Å². The maximum absolute atomic E-state index is 4.40. The van der Waals surface area contributed by atoms with E-state index in [1.54, 1.807) is 6.20 Å². The topological polar surface area (TPSA) is 53.9 Å². The number of rotatable bonds is 7. The maximum Gasteiger partial charge on any atom is 0.244 e. The minimum atomic E-state index is 0.614. The second-order valence-corrected chi connectivity index (χ2v) is 3.84. The van der Waals surface area contributed by atoms with Gasteiger partial charge in [-0.1, -0.05) is 20.3 Å². The van der Waals surface area contributed by atoms with Gasteiger partial charge in [-0.25, -0.2) is 0 Å². The Morgan fingerprint density at radius 2 is 2.12 bits per heavy atom. The molecule has 0 atom stereocenters. The van der Waals surface area contributed by atoms with Crippen LogP contribution >= 0.6 is 0 Å². The highest BCUT2D eigenvalue weighted by molar-refractivity contribution is 5.39. The molecule has 0 saturated heterocycles. The minimum absolute atomic E-state index is 0.614. The van der Waals surface area contributed by atoms with Crippen molar-refractivity contribution in [3.05, 3.63) is 6.20 Å². The van der Waals surface area contributed by atoms with Gasteiger partial charge in [0.1, 0.15) is 0 Å². The standard InChI is InChI=1S/C11H21N5/c1-4-6-8-16(3)10-9-13-15-11(14-10)12-7-5-2/h9H,4-8H2,1-3H3,(H,12,14,15). The van der Waals surface area contributed by atoms with Crippen molar-refractivity contribution >= 4 is 11.8 Å². The lowest BCUT2D eigenvalue weighted by Gasteiger charge is -2.17. The summed E-state index contributed by atoms with van der Waals surface area (Å²) in [5.74, 6) is 1.49. The molecule has 0 aliphatic heterocycles. The van der Waals surface area contributed by atoms with Crippen LogP contribution in [0.4, 0.5) is 11.8 Å². The summed E-state index contributed by atoms with van der Waals surface area (Å²) in [7, 11) is 2.03. The van der Waals surface area contributed by atoms with Gasteiger partial charge in [0, 0.05) is 20.1 Å². The van der Waals surface area contributed by atoms with Gasteiger partial charge in [0.05, 0.1) is 6.20 Å². The Balaban J connectivity index is 2.58. The predicted molar refractivity (Wildman–Crippen MR) is 66.8 cm³/mol. The highest BCUT2D eigenvalue weighted by atomic mass is 15.3. The lowest BCUT2D eigenvalue weighted by atomic mass is 10.3. The molecule has 0 aliphatic rings. The first-order valence-electron chi connectivity index (χ1n) is 5.92. The third-order valence-corrected chi connectivity index (χ3v) is 2.32. The fourth-order valence-corrected chi connectivity index (χ4v) is 1.30. The van der Waals surface area contributed by atoms with Crippen molar-refractivity contribution in [3.8, 4) is 0 Å². The number of hydrogen-bond acceptors (Lipinski definition) is 5. The van der Waals surface area contributed by atoms with Gasteiger partial charge in [-0.05, 0) is 12.8 Å². The molecular weight excluding hydrogens is 202 g/mol. The summed E-state index contributed by atoms with van der Waals surface area (Å²) in [6.45, 7) is 6.17. The Hall–Kier alpha value is -1.39. The molecule has 5 nitrogen and oxygen atoms in total. The van der Waals surface area contributed by atoms with Crippen LogP contribution in [0.1, 0.15) is 33.1 Å². The molecule has 1 rings (SSSR count). The third kappa shape index (κ3) is 4.00. The van der Waals surface area contributed by atoms with Crippen LogP contribution in [0.25, 0.3) is 0 Å². The van der Waals surface area contributed by atoms with E-state index in [4.69, 9.17) is 0 Å². The van der Waals surface area contributed by atoms with Gasteiger partial charge in [0.15, 0.2) is 5.82 Å². The van der Waals surface area contributed by atoms with Gasteiger partial charge < -0.3 is 10.2 Å². The van der Waals surface area contributed by atoms with Crippen LogP contribution in [0.15, 0.2) is 6.20 Å². The molecule has 1 aromatic rings. The first-order valence-corrected chi connectivity index (χ1v) is 5.92. The lowest BCUT2D eigenvalue weighted by molar-refractivity contribution is 0.753. The first-order chi connectivity index (χ1) is 7.77. The first kappa shape index (κ1) is 12.7. The molecule has 0 spiro atoms. The maximum atomic E-state index is 4.40. The summed E-state index contributed by atoms with van der Waals surface area (Å²) >= 11 is 0. The summed E-state index contributed by atoms with van der Waals surface area (Å²) in [4.78, 5) is 6.51. The van der Waals surface area contributed by atoms with Crippen LogP contribution in [0, 0.1) is 0 Å². The normalized spacial score (nSPS) is 10.2. The van der Waals surface area contributed by atoms with Crippen LogP contribution in [0.5, 0.6) is 0 Å². The predicted octanol–water partition coefficient (Wildman–Crippen LogP) is 1.93. The molecule has 0 bridgehead atoms. The van der Waals surface area contributed by atoms with E-state index in [0.717, 1.165) is 31.7 Å². The molecule has 5 heteroatoms. The fourth-order valence-electron chi connectivity index (χ4n) is 1.30. The number of aromatic nitrogens is 3. The molecule has 90 valence electrons. The quantitative estimate of drug-likeness (QED) is 0.765. The lowest BCUT2D eigenvalue weighted by Crippen LogP contribution is -2.20. The summed E-state index contributed by atoms with van der Waals surface area (Å²) < 4.78 is 0. The van der Waals surface area contributed by atoms with Gasteiger partial charge in [-0.2, -0.15) is 10.1 Å². The Bertz CT molecular complexity index is 302. The van der Waals surface area contributed by atoms with Gasteiger partial charge in [-0.15, -0.1) is 5.10 Å². The van der Waals surface area contributed by atoms with E-state index in [-0.39, 0.29) is 0 Å². The summed E-state index contributed by atoms with van der Waals surface area (Å²) in [5, 5.41) is 11.0. The molecule has 0 amide bonds. The molecule has 1 aromatic heterocycles. The zero-order valence-electron chi connectivity index (χ0n) is 10.4. The van der Waals surface area contributed by atoms with E-state index in [0.29, 0.717) is 5.95 Å². The molecule has 0 unspecified atom stereocenters. The highest BCUT2D eigenvalue weighted by Crippen LogP contribution is 2.09. The van der Waals surface area contributed by atoms with Crippen LogP contribution in [-0.4, -0.2) is 35.3 Å². The van der Waals surface area contributed by atoms with E-state index in [1.807, 2.05) is 7.05 Å². The average molecular weight is 223 g/mol.